The molecule has 27 heavy (non-hydrogen) atoms. The number of rotatable bonds is 7. The third-order valence-electron chi connectivity index (χ3n) is 4.58. The van der Waals surface area contributed by atoms with Crippen LogP contribution in [0.5, 0.6) is 0 Å². The first-order valence-corrected chi connectivity index (χ1v) is 10.3. The zero-order chi connectivity index (χ0) is 18.9. The van der Waals surface area contributed by atoms with E-state index >= 15 is 0 Å². The highest BCUT2D eigenvalue weighted by atomic mass is 32.2. The highest BCUT2D eigenvalue weighted by Gasteiger charge is 2.15. The molecule has 0 radical (unpaired) electrons. The van der Waals surface area contributed by atoms with Gasteiger partial charge in [-0.05, 0) is 49.1 Å². The van der Waals surface area contributed by atoms with Crippen LogP contribution in [-0.4, -0.2) is 34.1 Å². The summed E-state index contributed by atoms with van der Waals surface area (Å²) in [7, 11) is 0. The first-order valence-electron chi connectivity index (χ1n) is 9.28. The van der Waals surface area contributed by atoms with Crippen molar-refractivity contribution in [3.05, 3.63) is 48.3 Å². The molecule has 7 heteroatoms. The van der Waals surface area contributed by atoms with Gasteiger partial charge in [0.25, 0.3) is 5.91 Å². The number of amides is 2. The number of carbonyl (C=O) groups excluding carboxylic acids is 2. The van der Waals surface area contributed by atoms with E-state index < -0.39 is 0 Å². The fraction of sp³-hybridized carbons (Fsp3) is 0.400. The molecule has 6 nitrogen and oxygen atoms in total. The Morgan fingerprint density at radius 2 is 1.74 bits per heavy atom. The Morgan fingerprint density at radius 3 is 2.44 bits per heavy atom. The van der Waals surface area contributed by atoms with Gasteiger partial charge in [0.05, 0.1) is 5.75 Å². The van der Waals surface area contributed by atoms with Gasteiger partial charge in [-0.25, -0.2) is 9.97 Å². The maximum absolute atomic E-state index is 12.3. The molecule has 1 fully saturated rings. The van der Waals surface area contributed by atoms with Crippen molar-refractivity contribution in [2.75, 3.05) is 17.6 Å². The summed E-state index contributed by atoms with van der Waals surface area (Å²) in [5.41, 5.74) is 1.27. The lowest BCUT2D eigenvalue weighted by Crippen LogP contribution is -2.30. The number of nitrogens with one attached hydrogen (secondary N) is 2. The molecule has 0 unspecified atom stereocenters. The van der Waals surface area contributed by atoms with Crippen LogP contribution < -0.4 is 10.6 Å². The minimum absolute atomic E-state index is 0.0600. The molecule has 1 aliphatic rings. The summed E-state index contributed by atoms with van der Waals surface area (Å²) in [6.45, 7) is 0.746. The summed E-state index contributed by atoms with van der Waals surface area (Å²) in [6, 6.07) is 8.70. The van der Waals surface area contributed by atoms with Crippen LogP contribution in [0.3, 0.4) is 0 Å². The maximum Gasteiger partial charge on any atom is 0.251 e. The highest BCUT2D eigenvalue weighted by molar-refractivity contribution is 7.99. The Hall–Kier alpha value is -2.41. The lowest BCUT2D eigenvalue weighted by atomic mass is 9.89. The van der Waals surface area contributed by atoms with E-state index in [9.17, 15) is 9.59 Å². The fourth-order valence-electron chi connectivity index (χ4n) is 3.12. The van der Waals surface area contributed by atoms with Crippen molar-refractivity contribution in [1.82, 2.24) is 15.3 Å². The average molecular weight is 385 g/mol. The molecule has 1 heterocycles. The predicted molar refractivity (Wildman–Crippen MR) is 107 cm³/mol. The predicted octanol–water partition coefficient (Wildman–Crippen LogP) is 3.52. The Morgan fingerprint density at radius 1 is 1.04 bits per heavy atom. The first-order chi connectivity index (χ1) is 13.2. The molecule has 2 aromatic rings. The van der Waals surface area contributed by atoms with Gasteiger partial charge in [0.2, 0.25) is 5.91 Å². The Bertz CT molecular complexity index is 746. The Labute approximate surface area is 163 Å². The van der Waals surface area contributed by atoms with Crippen molar-refractivity contribution >= 4 is 29.3 Å². The zero-order valence-electron chi connectivity index (χ0n) is 15.2. The molecule has 1 aliphatic carbocycles. The standard InChI is InChI=1S/C20H24N4O2S/c25-18(14-27-20-21-11-4-12-22-20)24-17-9-7-16(8-10-17)19(26)23-13-15-5-2-1-3-6-15/h4,7-12,15H,1-3,5-6,13-14H2,(H,23,26)(H,24,25). The quantitative estimate of drug-likeness (QED) is 0.564. The van der Waals surface area contributed by atoms with E-state index in [0.717, 1.165) is 6.54 Å². The van der Waals surface area contributed by atoms with Gasteiger partial charge < -0.3 is 10.6 Å². The number of benzene rings is 1. The maximum atomic E-state index is 12.3. The van der Waals surface area contributed by atoms with Crippen molar-refractivity contribution in [1.29, 1.82) is 0 Å². The van der Waals surface area contributed by atoms with Crippen molar-refractivity contribution in [3.8, 4) is 0 Å². The van der Waals surface area contributed by atoms with Crippen molar-refractivity contribution in [2.45, 2.75) is 37.3 Å². The van der Waals surface area contributed by atoms with Crippen LogP contribution in [0.4, 0.5) is 5.69 Å². The smallest absolute Gasteiger partial charge is 0.251 e. The first kappa shape index (κ1) is 19.4. The van der Waals surface area contributed by atoms with E-state index in [2.05, 4.69) is 20.6 Å². The minimum Gasteiger partial charge on any atom is -0.352 e. The lowest BCUT2D eigenvalue weighted by molar-refractivity contribution is -0.113. The second kappa shape index (κ2) is 10.1. The normalized spacial score (nSPS) is 14.5. The van der Waals surface area contributed by atoms with E-state index in [1.165, 1.54) is 43.9 Å². The molecular formula is C20H24N4O2S. The summed E-state index contributed by atoms with van der Waals surface area (Å²) < 4.78 is 0. The van der Waals surface area contributed by atoms with Crippen LogP contribution in [0, 0.1) is 5.92 Å². The van der Waals surface area contributed by atoms with Gasteiger partial charge in [-0.2, -0.15) is 0 Å². The molecule has 0 spiro atoms. The number of carbonyl (C=O) groups is 2. The number of hydrogen-bond acceptors (Lipinski definition) is 5. The summed E-state index contributed by atoms with van der Waals surface area (Å²) >= 11 is 1.28. The van der Waals surface area contributed by atoms with E-state index in [1.54, 1.807) is 42.7 Å². The van der Waals surface area contributed by atoms with E-state index in [4.69, 9.17) is 0 Å². The molecule has 1 aromatic carbocycles. The SMILES string of the molecule is O=C(CSc1ncccn1)Nc1ccc(C(=O)NCC2CCCCC2)cc1. The van der Waals surface area contributed by atoms with Gasteiger partial charge in [0.1, 0.15) is 0 Å². The molecule has 3 rings (SSSR count). The van der Waals surface area contributed by atoms with Crippen LogP contribution in [-0.2, 0) is 4.79 Å². The second-order valence-electron chi connectivity index (χ2n) is 6.66. The minimum atomic E-state index is -0.137. The highest BCUT2D eigenvalue weighted by Crippen LogP contribution is 2.23. The summed E-state index contributed by atoms with van der Waals surface area (Å²) in [5, 5.41) is 6.41. The number of thioether (sulfide) groups is 1. The molecule has 1 aromatic heterocycles. The largest absolute Gasteiger partial charge is 0.352 e. The summed E-state index contributed by atoms with van der Waals surface area (Å²) in [5.74, 6) is 0.637. The number of nitrogens with zero attached hydrogens (tertiary/aromatic N) is 2. The van der Waals surface area contributed by atoms with Crippen LogP contribution in [0.15, 0.2) is 47.9 Å². The molecule has 1 saturated carbocycles. The lowest BCUT2D eigenvalue weighted by Gasteiger charge is -2.21. The molecule has 2 N–H and O–H groups in total. The third kappa shape index (κ3) is 6.36. The average Bonchev–Trinajstić information content (AvgIpc) is 2.72. The van der Waals surface area contributed by atoms with E-state index in [0.29, 0.717) is 22.3 Å². The van der Waals surface area contributed by atoms with Crippen LogP contribution in [0.2, 0.25) is 0 Å². The third-order valence-corrected chi connectivity index (χ3v) is 5.46. The molecule has 0 saturated heterocycles. The molecular weight excluding hydrogens is 360 g/mol. The number of hydrogen-bond donors (Lipinski definition) is 2. The molecule has 0 aliphatic heterocycles. The summed E-state index contributed by atoms with van der Waals surface area (Å²) in [6.07, 6.45) is 9.55. The van der Waals surface area contributed by atoms with Gasteiger partial charge in [0.15, 0.2) is 5.16 Å². The zero-order valence-corrected chi connectivity index (χ0v) is 16.0. The van der Waals surface area contributed by atoms with E-state index in [1.807, 2.05) is 0 Å². The topological polar surface area (TPSA) is 84.0 Å². The Kier molecular flexibility index (Phi) is 7.21. The molecule has 142 valence electrons. The van der Waals surface area contributed by atoms with Gasteiger partial charge in [-0.3, -0.25) is 9.59 Å². The van der Waals surface area contributed by atoms with Gasteiger partial charge in [-0.1, -0.05) is 31.0 Å². The molecule has 0 bridgehead atoms. The van der Waals surface area contributed by atoms with Gasteiger partial charge in [-0.15, -0.1) is 0 Å². The van der Waals surface area contributed by atoms with Crippen LogP contribution in [0.25, 0.3) is 0 Å². The summed E-state index contributed by atoms with van der Waals surface area (Å²) in [4.78, 5) is 32.4. The molecule has 2 amide bonds. The van der Waals surface area contributed by atoms with Gasteiger partial charge in [0, 0.05) is 30.2 Å². The van der Waals surface area contributed by atoms with Crippen LogP contribution in [0.1, 0.15) is 42.5 Å². The van der Waals surface area contributed by atoms with Crippen molar-refractivity contribution < 1.29 is 9.59 Å². The number of anilines is 1. The Balaban J connectivity index is 1.43. The van der Waals surface area contributed by atoms with Crippen LogP contribution >= 0.6 is 11.8 Å². The van der Waals surface area contributed by atoms with Crippen molar-refractivity contribution in [2.24, 2.45) is 5.92 Å². The molecule has 0 atom stereocenters. The van der Waals surface area contributed by atoms with Crippen molar-refractivity contribution in [3.63, 3.8) is 0 Å². The van der Waals surface area contributed by atoms with E-state index in [-0.39, 0.29) is 17.6 Å². The monoisotopic (exact) mass is 384 g/mol. The second-order valence-corrected chi connectivity index (χ2v) is 7.60. The van der Waals surface area contributed by atoms with Gasteiger partial charge >= 0.3 is 0 Å². The number of aromatic nitrogens is 2. The fourth-order valence-corrected chi connectivity index (χ4v) is 3.73.